The van der Waals surface area contributed by atoms with Crippen LogP contribution < -0.4 is 5.73 Å². The van der Waals surface area contributed by atoms with Crippen LogP contribution >= 0.6 is 15.9 Å². The maximum absolute atomic E-state index is 13.1. The highest BCUT2D eigenvalue weighted by Crippen LogP contribution is 2.27. The van der Waals surface area contributed by atoms with Gasteiger partial charge in [-0.25, -0.2) is 18.2 Å². The van der Waals surface area contributed by atoms with Crippen molar-refractivity contribution < 1.29 is 13.2 Å². The zero-order chi connectivity index (χ0) is 10.0. The molecule has 1 aromatic rings. The highest BCUT2D eigenvalue weighted by atomic mass is 79.9. The Labute approximate surface area is 81.1 Å². The summed E-state index contributed by atoms with van der Waals surface area (Å²) in [5.41, 5.74) is 4.55. The Bertz CT molecular complexity index is 317. The minimum absolute atomic E-state index is 0.00870. The van der Waals surface area contributed by atoms with Crippen molar-refractivity contribution in [3.63, 3.8) is 0 Å². The Hall–Kier alpha value is -0.780. The number of alkyl halides is 3. The van der Waals surface area contributed by atoms with Gasteiger partial charge in [-0.2, -0.15) is 0 Å². The zero-order valence-electron chi connectivity index (χ0n) is 6.40. The van der Waals surface area contributed by atoms with Crippen LogP contribution in [0.3, 0.4) is 0 Å². The predicted octanol–water partition coefficient (Wildman–Crippen LogP) is 2.64. The molecule has 0 radical (unpaired) electrons. The van der Waals surface area contributed by atoms with E-state index in [1.807, 2.05) is 0 Å². The molecular formula is C7H6BrF3N2. The molecule has 0 aliphatic carbocycles. The molecule has 0 aliphatic heterocycles. The summed E-state index contributed by atoms with van der Waals surface area (Å²) < 4.78 is 37.6. The van der Waals surface area contributed by atoms with Gasteiger partial charge in [-0.15, -0.1) is 0 Å². The number of hydrogen-bond acceptors (Lipinski definition) is 2. The zero-order valence-corrected chi connectivity index (χ0v) is 7.98. The van der Waals surface area contributed by atoms with E-state index in [-0.39, 0.29) is 16.7 Å². The summed E-state index contributed by atoms with van der Waals surface area (Å²) >= 11 is 2.90. The molecule has 13 heavy (non-hydrogen) atoms. The van der Waals surface area contributed by atoms with Crippen molar-refractivity contribution in [2.75, 3.05) is 5.73 Å². The monoisotopic (exact) mass is 254 g/mol. The molecule has 0 spiro atoms. The molecule has 2 N–H and O–H groups in total. The first kappa shape index (κ1) is 10.3. The molecule has 1 rings (SSSR count). The first-order chi connectivity index (χ1) is 6.07. The van der Waals surface area contributed by atoms with Crippen LogP contribution in [0.25, 0.3) is 0 Å². The molecule has 0 atom stereocenters. The van der Waals surface area contributed by atoms with Gasteiger partial charge in [0.15, 0.2) is 11.6 Å². The van der Waals surface area contributed by atoms with Crippen molar-refractivity contribution >= 4 is 21.7 Å². The van der Waals surface area contributed by atoms with Crippen LogP contribution in [-0.4, -0.2) is 4.98 Å². The number of halogens is 4. The molecule has 72 valence electrons. The minimum atomic E-state index is -2.74. The predicted molar refractivity (Wildman–Crippen MR) is 46.2 cm³/mol. The Morgan fingerprint density at radius 3 is 2.62 bits per heavy atom. The maximum Gasteiger partial charge on any atom is 0.265 e. The van der Waals surface area contributed by atoms with Gasteiger partial charge in [-0.3, -0.25) is 0 Å². The Morgan fingerprint density at radius 2 is 2.15 bits per heavy atom. The molecule has 6 heteroatoms. The van der Waals surface area contributed by atoms with E-state index in [0.717, 1.165) is 6.20 Å². The fraction of sp³-hybridized carbons (Fsp3) is 0.286. The molecule has 1 aromatic heterocycles. The Balaban J connectivity index is 3.30. The highest BCUT2D eigenvalue weighted by molar-refractivity contribution is 9.08. The first-order valence-electron chi connectivity index (χ1n) is 3.34. The number of rotatable bonds is 2. The van der Waals surface area contributed by atoms with Crippen LogP contribution in [0.1, 0.15) is 17.6 Å². The van der Waals surface area contributed by atoms with Crippen LogP contribution in [-0.2, 0) is 5.33 Å². The van der Waals surface area contributed by atoms with E-state index < -0.39 is 17.8 Å². The second-order valence-electron chi connectivity index (χ2n) is 2.33. The molecule has 0 aliphatic rings. The summed E-state index contributed by atoms with van der Waals surface area (Å²) in [6, 6.07) is 0. The van der Waals surface area contributed by atoms with Crippen molar-refractivity contribution in [2.24, 2.45) is 0 Å². The van der Waals surface area contributed by atoms with Crippen LogP contribution in [0.5, 0.6) is 0 Å². The molecule has 2 nitrogen and oxygen atoms in total. The van der Waals surface area contributed by atoms with Crippen molar-refractivity contribution in [1.82, 2.24) is 4.98 Å². The molecule has 0 amide bonds. The lowest BCUT2D eigenvalue weighted by molar-refractivity contribution is 0.149. The van der Waals surface area contributed by atoms with E-state index in [9.17, 15) is 13.2 Å². The molecule has 0 aromatic carbocycles. The second-order valence-corrected chi connectivity index (χ2v) is 2.89. The third-order valence-corrected chi connectivity index (χ3v) is 2.11. The molecule has 0 unspecified atom stereocenters. The minimum Gasteiger partial charge on any atom is -0.381 e. The average molecular weight is 255 g/mol. The third kappa shape index (κ3) is 1.93. The van der Waals surface area contributed by atoms with E-state index in [4.69, 9.17) is 5.73 Å². The normalized spacial score (nSPS) is 10.8. The SMILES string of the molecule is Nc1ncc(C(F)F)c(CBr)c1F. The Morgan fingerprint density at radius 1 is 1.54 bits per heavy atom. The van der Waals surface area contributed by atoms with Gasteiger partial charge in [0.05, 0.1) is 0 Å². The fourth-order valence-electron chi connectivity index (χ4n) is 0.879. The van der Waals surface area contributed by atoms with Gasteiger partial charge in [0, 0.05) is 22.7 Å². The largest absolute Gasteiger partial charge is 0.381 e. The quantitative estimate of drug-likeness (QED) is 0.825. The lowest BCUT2D eigenvalue weighted by Gasteiger charge is -2.07. The number of aromatic nitrogens is 1. The van der Waals surface area contributed by atoms with E-state index >= 15 is 0 Å². The summed E-state index contributed by atoms with van der Waals surface area (Å²) in [6.07, 6.45) is -1.85. The van der Waals surface area contributed by atoms with Gasteiger partial charge in [-0.1, -0.05) is 15.9 Å². The van der Waals surface area contributed by atoms with Crippen molar-refractivity contribution in [1.29, 1.82) is 0 Å². The lowest BCUT2D eigenvalue weighted by atomic mass is 10.1. The van der Waals surface area contributed by atoms with Crippen molar-refractivity contribution in [2.45, 2.75) is 11.8 Å². The summed E-state index contributed by atoms with van der Waals surface area (Å²) in [4.78, 5) is 3.31. The van der Waals surface area contributed by atoms with Crippen LogP contribution in [0.2, 0.25) is 0 Å². The maximum atomic E-state index is 13.1. The molecule has 0 fully saturated rings. The molecule has 0 saturated carbocycles. The fourth-order valence-corrected chi connectivity index (χ4v) is 1.45. The second kappa shape index (κ2) is 3.95. The van der Waals surface area contributed by atoms with E-state index in [1.54, 1.807) is 0 Å². The van der Waals surface area contributed by atoms with E-state index in [1.165, 1.54) is 0 Å². The van der Waals surface area contributed by atoms with Crippen LogP contribution in [0.4, 0.5) is 19.0 Å². The Kier molecular flexibility index (Phi) is 3.13. The van der Waals surface area contributed by atoms with Gasteiger partial charge in [0.1, 0.15) is 0 Å². The number of hydrogen-bond donors (Lipinski definition) is 1. The van der Waals surface area contributed by atoms with Gasteiger partial charge in [0.2, 0.25) is 0 Å². The third-order valence-electron chi connectivity index (χ3n) is 1.55. The molecule has 1 heterocycles. The molecule has 0 bridgehead atoms. The van der Waals surface area contributed by atoms with Gasteiger partial charge >= 0.3 is 0 Å². The summed E-state index contributed by atoms with van der Waals surface area (Å²) in [5.74, 6) is -1.24. The average Bonchev–Trinajstić information content (AvgIpc) is 2.09. The number of nitrogen functional groups attached to an aromatic ring is 1. The first-order valence-corrected chi connectivity index (χ1v) is 4.47. The van der Waals surface area contributed by atoms with Crippen molar-refractivity contribution in [3.8, 4) is 0 Å². The summed E-state index contributed by atoms with van der Waals surface area (Å²) in [6.45, 7) is 0. The number of nitrogens with zero attached hydrogens (tertiary/aromatic N) is 1. The lowest BCUT2D eigenvalue weighted by Crippen LogP contribution is -2.03. The van der Waals surface area contributed by atoms with E-state index in [2.05, 4.69) is 20.9 Å². The van der Waals surface area contributed by atoms with Gasteiger partial charge in [0.25, 0.3) is 6.43 Å². The molecule has 0 saturated heterocycles. The topological polar surface area (TPSA) is 38.9 Å². The summed E-state index contributed by atoms with van der Waals surface area (Å²) in [7, 11) is 0. The number of nitrogens with two attached hydrogens (primary N) is 1. The van der Waals surface area contributed by atoms with Crippen LogP contribution in [0, 0.1) is 5.82 Å². The van der Waals surface area contributed by atoms with E-state index in [0.29, 0.717) is 0 Å². The molecular weight excluding hydrogens is 249 g/mol. The highest BCUT2D eigenvalue weighted by Gasteiger charge is 2.18. The standard InChI is InChI=1S/C7H6BrF3N2/c8-1-3-4(6(10)11)2-13-7(12)5(3)9/h2,6H,1H2,(H2,12,13). The van der Waals surface area contributed by atoms with Gasteiger partial charge in [-0.05, 0) is 0 Å². The number of pyridine rings is 1. The van der Waals surface area contributed by atoms with Gasteiger partial charge < -0.3 is 5.73 Å². The number of anilines is 1. The summed E-state index contributed by atoms with van der Waals surface area (Å²) in [5, 5.41) is -0.00870. The van der Waals surface area contributed by atoms with Crippen LogP contribution in [0.15, 0.2) is 6.20 Å². The van der Waals surface area contributed by atoms with Crippen molar-refractivity contribution in [3.05, 3.63) is 23.1 Å². The smallest absolute Gasteiger partial charge is 0.265 e.